The van der Waals surface area contributed by atoms with Crippen LogP contribution in [0.5, 0.6) is 0 Å². The number of allylic oxidation sites excluding steroid dienone is 1. The Kier molecular flexibility index (Phi) is 2.49. The summed E-state index contributed by atoms with van der Waals surface area (Å²) < 4.78 is 1.80. The van der Waals surface area contributed by atoms with Crippen molar-refractivity contribution in [3.63, 3.8) is 0 Å². The molecule has 0 saturated carbocycles. The van der Waals surface area contributed by atoms with Crippen molar-refractivity contribution in [2.45, 2.75) is 6.92 Å². The monoisotopic (exact) mass is 214 g/mol. The highest BCUT2D eigenvalue weighted by Crippen LogP contribution is 2.16. The molecule has 0 unspecified atom stereocenters. The molecule has 0 fully saturated rings. The third-order valence-electron chi connectivity index (χ3n) is 1.56. The van der Waals surface area contributed by atoms with E-state index in [-0.39, 0.29) is 0 Å². The van der Waals surface area contributed by atoms with E-state index in [1.807, 2.05) is 20.2 Å². The summed E-state index contributed by atoms with van der Waals surface area (Å²) in [6.45, 7) is 5.91. The quantitative estimate of drug-likeness (QED) is 0.691. The molecule has 0 radical (unpaired) electrons. The molecule has 2 nitrogen and oxygen atoms in total. The first-order valence-corrected chi connectivity index (χ1v) is 4.51. The Hall–Kier alpha value is -0.570. The van der Waals surface area contributed by atoms with Crippen LogP contribution in [0.2, 0.25) is 0 Å². The Labute approximate surface area is 75.0 Å². The van der Waals surface area contributed by atoms with Gasteiger partial charge >= 0.3 is 0 Å². The Morgan fingerprint density at radius 2 is 2.45 bits per heavy atom. The summed E-state index contributed by atoms with van der Waals surface area (Å²) in [6, 6.07) is 0. The van der Waals surface area contributed by atoms with E-state index in [9.17, 15) is 0 Å². The van der Waals surface area contributed by atoms with Gasteiger partial charge in [0, 0.05) is 24.1 Å². The van der Waals surface area contributed by atoms with Gasteiger partial charge in [-0.15, -0.1) is 0 Å². The maximum absolute atomic E-state index is 4.22. The molecule has 0 spiro atoms. The van der Waals surface area contributed by atoms with Gasteiger partial charge in [0.2, 0.25) is 0 Å². The molecule has 0 N–H and O–H groups in total. The summed E-state index contributed by atoms with van der Waals surface area (Å²) in [7, 11) is 1.91. The van der Waals surface area contributed by atoms with Gasteiger partial charge in [-0.1, -0.05) is 22.5 Å². The lowest BCUT2D eigenvalue weighted by Crippen LogP contribution is -1.86. The number of alkyl halides is 1. The van der Waals surface area contributed by atoms with Gasteiger partial charge in [0.15, 0.2) is 0 Å². The molecule has 0 aliphatic rings. The molecule has 0 aromatic carbocycles. The third kappa shape index (κ3) is 1.71. The van der Waals surface area contributed by atoms with Gasteiger partial charge in [-0.2, -0.15) is 5.10 Å². The summed E-state index contributed by atoms with van der Waals surface area (Å²) in [6.07, 6.45) is 1.99. The number of hydrogen-bond acceptors (Lipinski definition) is 1. The normalized spacial score (nSPS) is 10.1. The maximum Gasteiger partial charge on any atom is 0.0668 e. The smallest absolute Gasteiger partial charge is 0.0668 e. The predicted molar refractivity (Wildman–Crippen MR) is 50.8 cm³/mol. The summed E-state index contributed by atoms with van der Waals surface area (Å²) in [5, 5.41) is 5.02. The van der Waals surface area contributed by atoms with Crippen LogP contribution in [0.4, 0.5) is 0 Å². The van der Waals surface area contributed by atoms with Gasteiger partial charge in [-0.25, -0.2) is 0 Å². The van der Waals surface area contributed by atoms with Crippen LogP contribution in [-0.2, 0) is 7.05 Å². The average molecular weight is 215 g/mol. The molecule has 3 heteroatoms. The number of aromatic nitrogens is 2. The molecule has 0 amide bonds. The number of hydrogen-bond donors (Lipinski definition) is 0. The Bertz CT molecular complexity index is 276. The van der Waals surface area contributed by atoms with Crippen LogP contribution < -0.4 is 0 Å². The Morgan fingerprint density at radius 1 is 1.82 bits per heavy atom. The first-order chi connectivity index (χ1) is 5.15. The van der Waals surface area contributed by atoms with Crippen molar-refractivity contribution >= 4 is 21.5 Å². The third-order valence-corrected chi connectivity index (χ3v) is 2.23. The number of halogens is 1. The second-order valence-electron chi connectivity index (χ2n) is 2.54. The van der Waals surface area contributed by atoms with Crippen LogP contribution in [0.1, 0.15) is 11.3 Å². The minimum Gasteiger partial charge on any atom is -0.275 e. The minimum absolute atomic E-state index is 0.805. The number of rotatable bonds is 2. The van der Waals surface area contributed by atoms with Crippen molar-refractivity contribution in [1.82, 2.24) is 9.78 Å². The van der Waals surface area contributed by atoms with E-state index in [0.717, 1.165) is 22.2 Å². The second kappa shape index (κ2) is 3.22. The fourth-order valence-corrected chi connectivity index (χ4v) is 1.32. The molecular weight excluding hydrogens is 204 g/mol. The zero-order chi connectivity index (χ0) is 8.43. The Morgan fingerprint density at radius 3 is 2.82 bits per heavy atom. The summed E-state index contributed by atoms with van der Waals surface area (Å²) in [5.41, 5.74) is 3.26. The molecule has 0 bridgehead atoms. The lowest BCUT2D eigenvalue weighted by molar-refractivity contribution is 0.756. The van der Waals surface area contributed by atoms with Crippen LogP contribution in [-0.4, -0.2) is 15.1 Å². The number of aryl methyl sites for hydroxylation is 2. The van der Waals surface area contributed by atoms with E-state index < -0.39 is 0 Å². The van der Waals surface area contributed by atoms with Crippen molar-refractivity contribution in [1.29, 1.82) is 0 Å². The van der Waals surface area contributed by atoms with Crippen molar-refractivity contribution in [2.75, 3.05) is 5.33 Å². The fourth-order valence-electron chi connectivity index (χ4n) is 1.02. The zero-order valence-electron chi connectivity index (χ0n) is 6.76. The Balaban J connectivity index is 3.03. The van der Waals surface area contributed by atoms with E-state index in [2.05, 4.69) is 27.6 Å². The van der Waals surface area contributed by atoms with E-state index in [4.69, 9.17) is 0 Å². The van der Waals surface area contributed by atoms with Crippen molar-refractivity contribution in [2.24, 2.45) is 7.05 Å². The van der Waals surface area contributed by atoms with Crippen LogP contribution in [0.15, 0.2) is 12.8 Å². The van der Waals surface area contributed by atoms with Crippen molar-refractivity contribution < 1.29 is 0 Å². The van der Waals surface area contributed by atoms with Crippen LogP contribution in [0.3, 0.4) is 0 Å². The van der Waals surface area contributed by atoms with E-state index in [0.29, 0.717) is 0 Å². The van der Waals surface area contributed by atoms with Gasteiger partial charge in [0.25, 0.3) is 0 Å². The molecule has 60 valence electrons. The van der Waals surface area contributed by atoms with Gasteiger partial charge < -0.3 is 0 Å². The molecule has 0 aliphatic carbocycles. The first-order valence-electron chi connectivity index (χ1n) is 3.39. The van der Waals surface area contributed by atoms with Crippen LogP contribution in [0, 0.1) is 6.92 Å². The predicted octanol–water partition coefficient (Wildman–Crippen LogP) is 2.14. The van der Waals surface area contributed by atoms with Crippen molar-refractivity contribution in [3.05, 3.63) is 24.0 Å². The molecular formula is C8H11BrN2. The SMILES string of the molecule is C=C(CBr)c1cn(C)nc1C. The molecule has 1 heterocycles. The highest BCUT2D eigenvalue weighted by atomic mass is 79.9. The summed E-state index contributed by atoms with van der Waals surface area (Å²) >= 11 is 3.36. The molecule has 11 heavy (non-hydrogen) atoms. The lowest BCUT2D eigenvalue weighted by atomic mass is 10.1. The van der Waals surface area contributed by atoms with Crippen LogP contribution >= 0.6 is 15.9 Å². The van der Waals surface area contributed by atoms with Gasteiger partial charge in [0.1, 0.15) is 0 Å². The average Bonchev–Trinajstić information content (AvgIpc) is 2.28. The van der Waals surface area contributed by atoms with E-state index >= 15 is 0 Å². The molecule has 0 atom stereocenters. The summed E-state index contributed by atoms with van der Waals surface area (Å²) in [5.74, 6) is 0. The molecule has 1 aromatic heterocycles. The van der Waals surface area contributed by atoms with E-state index in [1.54, 1.807) is 4.68 Å². The highest BCUT2D eigenvalue weighted by molar-refractivity contribution is 9.09. The maximum atomic E-state index is 4.22. The van der Waals surface area contributed by atoms with Gasteiger partial charge in [-0.05, 0) is 12.5 Å². The van der Waals surface area contributed by atoms with Gasteiger partial charge in [0.05, 0.1) is 5.69 Å². The molecule has 0 saturated heterocycles. The lowest BCUT2D eigenvalue weighted by Gasteiger charge is -1.95. The standard InChI is InChI=1S/C8H11BrN2/c1-6(4-9)8-5-11(3)10-7(8)2/h5H,1,4H2,2-3H3. The fraction of sp³-hybridized carbons (Fsp3) is 0.375. The molecule has 1 rings (SSSR count). The van der Waals surface area contributed by atoms with Crippen LogP contribution in [0.25, 0.3) is 5.57 Å². The van der Waals surface area contributed by atoms with Crippen molar-refractivity contribution in [3.8, 4) is 0 Å². The largest absolute Gasteiger partial charge is 0.275 e. The molecule has 0 aliphatic heterocycles. The second-order valence-corrected chi connectivity index (χ2v) is 3.10. The topological polar surface area (TPSA) is 17.8 Å². The zero-order valence-corrected chi connectivity index (χ0v) is 8.35. The van der Waals surface area contributed by atoms with E-state index in [1.165, 1.54) is 0 Å². The van der Waals surface area contributed by atoms with Gasteiger partial charge in [-0.3, -0.25) is 4.68 Å². The summed E-state index contributed by atoms with van der Waals surface area (Å²) in [4.78, 5) is 0. The number of nitrogens with zero attached hydrogens (tertiary/aromatic N) is 2. The first kappa shape index (κ1) is 8.53. The molecule has 1 aromatic rings. The minimum atomic E-state index is 0.805. The highest BCUT2D eigenvalue weighted by Gasteiger charge is 2.04.